The molecule has 0 spiro atoms. The van der Waals surface area contributed by atoms with Crippen LogP contribution < -0.4 is 11.2 Å². The van der Waals surface area contributed by atoms with Gasteiger partial charge in [0.1, 0.15) is 0 Å². The zero-order valence-corrected chi connectivity index (χ0v) is 10.5. The van der Waals surface area contributed by atoms with Gasteiger partial charge < -0.3 is 5.73 Å². The Bertz CT molecular complexity index is 526. The molecule has 1 rings (SSSR count). The van der Waals surface area contributed by atoms with E-state index in [9.17, 15) is 10.1 Å². The molecule has 6 nitrogen and oxygen atoms in total. The van der Waals surface area contributed by atoms with Gasteiger partial charge in [-0.3, -0.25) is 15.5 Å². The summed E-state index contributed by atoms with van der Waals surface area (Å²) in [6.07, 6.45) is 3.29. The standard InChI is InChI=1S/C11H12N4O2S/c1-8(7-13-14-11(12)18)5-9-3-2-4-10(6-9)15(16)17/h2-7H,1H3,(H3,12,14,18)/b8-5+,13-7-. The zero-order chi connectivity index (χ0) is 13.5. The lowest BCUT2D eigenvalue weighted by atomic mass is 10.1. The molecule has 0 aliphatic heterocycles. The Kier molecular flexibility index (Phi) is 4.94. The number of benzene rings is 1. The van der Waals surface area contributed by atoms with E-state index in [1.54, 1.807) is 18.2 Å². The minimum Gasteiger partial charge on any atom is -0.375 e. The number of hydrazone groups is 1. The molecule has 0 heterocycles. The van der Waals surface area contributed by atoms with E-state index in [2.05, 4.69) is 22.7 Å². The van der Waals surface area contributed by atoms with Gasteiger partial charge in [-0.25, -0.2) is 0 Å². The normalized spacial score (nSPS) is 11.5. The smallest absolute Gasteiger partial charge is 0.270 e. The van der Waals surface area contributed by atoms with Gasteiger partial charge in [-0.05, 0) is 30.3 Å². The number of hydrogen-bond acceptors (Lipinski definition) is 4. The second-order valence-electron chi connectivity index (χ2n) is 3.47. The summed E-state index contributed by atoms with van der Waals surface area (Å²) in [5, 5.41) is 14.5. The molecule has 0 bridgehead atoms. The Balaban J connectivity index is 2.82. The average molecular weight is 264 g/mol. The van der Waals surface area contributed by atoms with Gasteiger partial charge >= 0.3 is 0 Å². The number of rotatable bonds is 4. The van der Waals surface area contributed by atoms with Crippen LogP contribution in [0, 0.1) is 10.1 Å². The van der Waals surface area contributed by atoms with Crippen molar-refractivity contribution in [1.82, 2.24) is 5.43 Å². The summed E-state index contributed by atoms with van der Waals surface area (Å²) in [4.78, 5) is 10.2. The molecule has 0 atom stereocenters. The van der Waals surface area contributed by atoms with Crippen LogP contribution in [0.3, 0.4) is 0 Å². The van der Waals surface area contributed by atoms with Crippen molar-refractivity contribution in [2.24, 2.45) is 10.8 Å². The number of thiocarbonyl (C=S) groups is 1. The van der Waals surface area contributed by atoms with Gasteiger partial charge in [0, 0.05) is 12.1 Å². The van der Waals surface area contributed by atoms with E-state index in [-0.39, 0.29) is 10.8 Å². The Morgan fingerprint density at radius 1 is 1.61 bits per heavy atom. The highest BCUT2D eigenvalue weighted by Crippen LogP contribution is 2.15. The summed E-state index contributed by atoms with van der Waals surface area (Å²) >= 11 is 4.58. The van der Waals surface area contributed by atoms with E-state index >= 15 is 0 Å². The maximum Gasteiger partial charge on any atom is 0.270 e. The highest BCUT2D eigenvalue weighted by atomic mass is 32.1. The predicted octanol–water partition coefficient (Wildman–Crippen LogP) is 1.82. The van der Waals surface area contributed by atoms with Gasteiger partial charge in [0.2, 0.25) is 0 Å². The van der Waals surface area contributed by atoms with Crippen LogP contribution in [0.1, 0.15) is 12.5 Å². The van der Waals surface area contributed by atoms with E-state index < -0.39 is 4.92 Å². The third-order valence-electron chi connectivity index (χ3n) is 1.92. The molecule has 3 N–H and O–H groups in total. The molecule has 0 aliphatic carbocycles. The predicted molar refractivity (Wildman–Crippen MR) is 75.2 cm³/mol. The van der Waals surface area contributed by atoms with Gasteiger partial charge in [-0.1, -0.05) is 18.2 Å². The third-order valence-corrected chi connectivity index (χ3v) is 2.01. The van der Waals surface area contributed by atoms with E-state index in [0.29, 0.717) is 0 Å². The summed E-state index contributed by atoms with van der Waals surface area (Å²) in [5.74, 6) is 0. The molecule has 1 aromatic rings. The number of allylic oxidation sites excluding steroid dienone is 1. The van der Waals surface area contributed by atoms with Crippen molar-refractivity contribution in [2.75, 3.05) is 0 Å². The summed E-state index contributed by atoms with van der Waals surface area (Å²) in [5.41, 5.74) is 9.20. The molecule has 7 heteroatoms. The molecule has 0 aromatic heterocycles. The van der Waals surface area contributed by atoms with Gasteiger partial charge in [0.15, 0.2) is 5.11 Å². The second-order valence-corrected chi connectivity index (χ2v) is 3.91. The average Bonchev–Trinajstić information content (AvgIpc) is 2.28. The summed E-state index contributed by atoms with van der Waals surface area (Å²) in [6.45, 7) is 1.81. The number of nitro groups is 1. The summed E-state index contributed by atoms with van der Waals surface area (Å²) in [6, 6.07) is 6.32. The SMILES string of the molecule is CC(/C=N\NC(N)=S)=C\c1cccc([N+](=O)[O-])c1. The Morgan fingerprint density at radius 3 is 2.94 bits per heavy atom. The number of nitrogens with one attached hydrogen (secondary N) is 1. The number of non-ortho nitro benzene ring substituents is 1. The minimum atomic E-state index is -0.435. The van der Waals surface area contributed by atoms with Crippen LogP contribution >= 0.6 is 12.2 Å². The van der Waals surface area contributed by atoms with Crippen molar-refractivity contribution in [3.63, 3.8) is 0 Å². The van der Waals surface area contributed by atoms with Gasteiger partial charge in [-0.15, -0.1) is 0 Å². The van der Waals surface area contributed by atoms with E-state index in [1.165, 1.54) is 18.3 Å². The lowest BCUT2D eigenvalue weighted by Gasteiger charge is -1.97. The monoisotopic (exact) mass is 264 g/mol. The fourth-order valence-electron chi connectivity index (χ4n) is 1.23. The fraction of sp³-hybridized carbons (Fsp3) is 0.0909. The van der Waals surface area contributed by atoms with E-state index in [0.717, 1.165) is 11.1 Å². The van der Waals surface area contributed by atoms with Crippen molar-refractivity contribution < 1.29 is 4.92 Å². The topological polar surface area (TPSA) is 93.5 Å². The van der Waals surface area contributed by atoms with Crippen LogP contribution in [0.2, 0.25) is 0 Å². The van der Waals surface area contributed by atoms with Crippen LogP contribution in [0.5, 0.6) is 0 Å². The van der Waals surface area contributed by atoms with Crippen molar-refractivity contribution in [2.45, 2.75) is 6.92 Å². The molecule has 0 saturated carbocycles. The van der Waals surface area contributed by atoms with Crippen LogP contribution in [0.15, 0.2) is 34.9 Å². The highest BCUT2D eigenvalue weighted by molar-refractivity contribution is 7.80. The van der Waals surface area contributed by atoms with Crippen LogP contribution in [0.25, 0.3) is 6.08 Å². The van der Waals surface area contributed by atoms with Crippen LogP contribution in [-0.2, 0) is 0 Å². The van der Waals surface area contributed by atoms with Crippen molar-refractivity contribution in [1.29, 1.82) is 0 Å². The second kappa shape index (κ2) is 6.45. The summed E-state index contributed by atoms with van der Waals surface area (Å²) < 4.78 is 0. The molecule has 1 aromatic carbocycles. The third kappa shape index (κ3) is 4.71. The Morgan fingerprint density at radius 2 is 2.33 bits per heavy atom. The van der Waals surface area contributed by atoms with Crippen molar-refractivity contribution >= 4 is 35.3 Å². The van der Waals surface area contributed by atoms with Gasteiger partial charge in [-0.2, -0.15) is 5.10 Å². The first-order chi connectivity index (χ1) is 8.49. The van der Waals surface area contributed by atoms with E-state index in [1.807, 2.05) is 6.92 Å². The minimum absolute atomic E-state index is 0.0507. The number of nitrogens with zero attached hydrogens (tertiary/aromatic N) is 2. The quantitative estimate of drug-likeness (QED) is 0.374. The lowest BCUT2D eigenvalue weighted by molar-refractivity contribution is -0.384. The molecule has 0 amide bonds. The molecule has 0 fully saturated rings. The van der Waals surface area contributed by atoms with Crippen molar-refractivity contribution in [3.8, 4) is 0 Å². The van der Waals surface area contributed by atoms with E-state index in [4.69, 9.17) is 5.73 Å². The maximum atomic E-state index is 10.6. The van der Waals surface area contributed by atoms with Crippen molar-refractivity contribution in [3.05, 3.63) is 45.5 Å². The molecular formula is C11H12N4O2S. The molecule has 0 unspecified atom stereocenters. The first-order valence-electron chi connectivity index (χ1n) is 5.00. The highest BCUT2D eigenvalue weighted by Gasteiger charge is 2.03. The Hall–Kier alpha value is -2.28. The van der Waals surface area contributed by atoms with Crippen LogP contribution in [0.4, 0.5) is 5.69 Å². The first kappa shape index (κ1) is 13.8. The molecule has 0 saturated heterocycles. The molecule has 18 heavy (non-hydrogen) atoms. The maximum absolute atomic E-state index is 10.6. The lowest BCUT2D eigenvalue weighted by Crippen LogP contribution is -2.23. The number of nitrogens with two attached hydrogens (primary N) is 1. The molecular weight excluding hydrogens is 252 g/mol. The number of hydrogen-bond donors (Lipinski definition) is 2. The van der Waals surface area contributed by atoms with Gasteiger partial charge in [0.25, 0.3) is 5.69 Å². The largest absolute Gasteiger partial charge is 0.375 e. The molecule has 94 valence electrons. The fourth-order valence-corrected chi connectivity index (χ4v) is 1.28. The number of nitro benzene ring substituents is 1. The molecule has 0 radical (unpaired) electrons. The molecule has 0 aliphatic rings. The summed E-state index contributed by atoms with van der Waals surface area (Å²) in [7, 11) is 0. The zero-order valence-electron chi connectivity index (χ0n) is 9.66. The van der Waals surface area contributed by atoms with Gasteiger partial charge in [0.05, 0.1) is 11.1 Å². The Labute approximate surface area is 109 Å². The first-order valence-corrected chi connectivity index (χ1v) is 5.41. The van der Waals surface area contributed by atoms with Crippen LogP contribution in [-0.4, -0.2) is 16.3 Å².